The number of benzene rings is 3. The lowest BCUT2D eigenvalue weighted by atomic mass is 9.66. The molecule has 8 nitrogen and oxygen atoms in total. The molecule has 226 valence electrons. The van der Waals surface area contributed by atoms with Crippen LogP contribution in [-0.2, 0) is 20.4 Å². The minimum absolute atomic E-state index is 0.0763. The van der Waals surface area contributed by atoms with Crippen LogP contribution < -0.4 is 19.5 Å². The molecule has 0 aromatic heterocycles. The summed E-state index contributed by atoms with van der Waals surface area (Å²) in [6, 6.07) is 29.4. The van der Waals surface area contributed by atoms with E-state index in [-0.39, 0.29) is 18.0 Å². The van der Waals surface area contributed by atoms with Crippen molar-refractivity contribution >= 4 is 16.3 Å². The Labute approximate surface area is 250 Å². The highest BCUT2D eigenvalue weighted by atomic mass is 32.2. The molecule has 1 fully saturated rings. The monoisotopic (exact) mass is 593 g/mol. The summed E-state index contributed by atoms with van der Waals surface area (Å²) in [5.74, 6) is 0.771. The van der Waals surface area contributed by atoms with Crippen LogP contribution in [0.15, 0.2) is 84.9 Å². The van der Waals surface area contributed by atoms with Crippen LogP contribution >= 0.6 is 0 Å². The Morgan fingerprint density at radius 2 is 1.52 bits per heavy atom. The largest absolute Gasteiger partial charge is 0.497 e. The minimum atomic E-state index is -4.08. The second-order valence-corrected chi connectivity index (χ2v) is 13.5. The second-order valence-electron chi connectivity index (χ2n) is 12.0. The molecule has 1 amide bonds. The van der Waals surface area contributed by atoms with E-state index in [1.807, 2.05) is 29.0 Å². The van der Waals surface area contributed by atoms with Gasteiger partial charge in [0.15, 0.2) is 0 Å². The first kappa shape index (κ1) is 31.5. The molecular weight excluding hydrogens is 550 g/mol. The third kappa shape index (κ3) is 8.80. The molecule has 42 heavy (non-hydrogen) atoms. The zero-order chi connectivity index (χ0) is 30.2. The molecule has 9 heteroatoms. The molecule has 1 aliphatic carbocycles. The number of ether oxygens (including phenoxy) is 2. The number of amides is 1. The first-order chi connectivity index (χ1) is 20.0. The van der Waals surface area contributed by atoms with Gasteiger partial charge in [-0.25, -0.2) is 9.52 Å². The third-order valence-corrected chi connectivity index (χ3v) is 8.82. The van der Waals surface area contributed by atoms with Crippen molar-refractivity contribution in [2.75, 3.05) is 13.7 Å². The first-order valence-electron chi connectivity index (χ1n) is 14.5. The van der Waals surface area contributed by atoms with E-state index in [0.717, 1.165) is 37.0 Å². The van der Waals surface area contributed by atoms with Gasteiger partial charge in [-0.15, -0.1) is 0 Å². The maximum Gasteiger partial charge on any atom is 0.422 e. The number of methoxy groups -OCH3 is 1. The minimum Gasteiger partial charge on any atom is -0.497 e. The Morgan fingerprint density at radius 3 is 2.07 bits per heavy atom. The Kier molecular flexibility index (Phi) is 10.3. The lowest BCUT2D eigenvalue weighted by Crippen LogP contribution is -2.45. The number of carbonyl (C=O) groups excluding carboxylic acids is 1. The van der Waals surface area contributed by atoms with Gasteiger partial charge in [-0.2, -0.15) is 13.1 Å². The van der Waals surface area contributed by atoms with E-state index in [2.05, 4.69) is 70.7 Å². The molecular formula is C33H43N3O5S. The fourth-order valence-corrected chi connectivity index (χ4v) is 6.46. The second kappa shape index (κ2) is 13.7. The molecule has 3 aromatic rings. The Bertz CT molecular complexity index is 1360. The highest BCUT2D eigenvalue weighted by Gasteiger charge is 2.38. The van der Waals surface area contributed by atoms with Crippen LogP contribution in [0, 0.1) is 0 Å². The smallest absolute Gasteiger partial charge is 0.422 e. The van der Waals surface area contributed by atoms with Crippen LogP contribution in [0.4, 0.5) is 4.79 Å². The normalized spacial score (nSPS) is 19.3. The summed E-state index contributed by atoms with van der Waals surface area (Å²) in [5.41, 5.74) is 2.52. The summed E-state index contributed by atoms with van der Waals surface area (Å²) in [7, 11) is -2.43. The summed E-state index contributed by atoms with van der Waals surface area (Å²) in [5, 5.41) is 3.92. The summed E-state index contributed by atoms with van der Waals surface area (Å²) in [4.78, 5) is 12.0. The van der Waals surface area contributed by atoms with E-state index in [1.54, 1.807) is 27.9 Å². The molecule has 3 aromatic carbocycles. The molecule has 0 heterocycles. The average molecular weight is 594 g/mol. The van der Waals surface area contributed by atoms with Gasteiger partial charge in [0.2, 0.25) is 0 Å². The van der Waals surface area contributed by atoms with Crippen molar-refractivity contribution < 1.29 is 22.7 Å². The molecule has 1 aliphatic rings. The van der Waals surface area contributed by atoms with Gasteiger partial charge >= 0.3 is 16.3 Å². The highest BCUT2D eigenvalue weighted by molar-refractivity contribution is 7.88. The van der Waals surface area contributed by atoms with Crippen LogP contribution in [0.3, 0.4) is 0 Å². The van der Waals surface area contributed by atoms with Crippen molar-refractivity contribution in [1.29, 1.82) is 0 Å². The van der Waals surface area contributed by atoms with Crippen molar-refractivity contribution in [2.45, 2.75) is 76.0 Å². The number of hydrogen-bond donors (Lipinski definition) is 3. The molecule has 0 saturated heterocycles. The van der Waals surface area contributed by atoms with E-state index in [1.165, 1.54) is 11.1 Å². The van der Waals surface area contributed by atoms with Gasteiger partial charge in [0.05, 0.1) is 13.2 Å². The summed E-state index contributed by atoms with van der Waals surface area (Å²) < 4.78 is 40.3. The standard InChI is InChI=1S/C33H43N3O5S/c1-32(2,3)41-31(37)36-42(38,39)34-23-22-33(27-16-11-17-29(24-27)40-4)20-18-28(19-21-33)35-30(25-12-7-5-8-13-25)26-14-9-6-10-15-26/h5-17,24,28,30,34-35H,18-23H2,1-4H3,(H,36,37). The van der Waals surface area contributed by atoms with Gasteiger partial charge < -0.3 is 14.8 Å². The van der Waals surface area contributed by atoms with Crippen LogP contribution in [0.2, 0.25) is 0 Å². The fraction of sp³-hybridized carbons (Fsp3) is 0.424. The summed E-state index contributed by atoms with van der Waals surface area (Å²) in [6.45, 7) is 5.21. The molecule has 1 saturated carbocycles. The van der Waals surface area contributed by atoms with Gasteiger partial charge in [-0.3, -0.25) is 0 Å². The van der Waals surface area contributed by atoms with Crippen molar-refractivity contribution in [1.82, 2.24) is 14.8 Å². The summed E-state index contributed by atoms with van der Waals surface area (Å²) in [6.07, 6.45) is 3.16. The molecule has 3 N–H and O–H groups in total. The topological polar surface area (TPSA) is 106 Å². The van der Waals surface area contributed by atoms with E-state index in [0.29, 0.717) is 12.5 Å². The predicted molar refractivity (Wildman–Crippen MR) is 166 cm³/mol. The van der Waals surface area contributed by atoms with Crippen LogP contribution in [-0.4, -0.2) is 39.8 Å². The van der Waals surface area contributed by atoms with Crippen molar-refractivity contribution in [3.8, 4) is 5.75 Å². The molecule has 0 radical (unpaired) electrons. The van der Waals surface area contributed by atoms with Gasteiger partial charge in [0.25, 0.3) is 0 Å². The lowest BCUT2D eigenvalue weighted by Gasteiger charge is -2.42. The van der Waals surface area contributed by atoms with Crippen molar-refractivity contribution in [2.24, 2.45) is 0 Å². The molecule has 0 spiro atoms. The van der Waals surface area contributed by atoms with Crippen LogP contribution in [0.1, 0.15) is 75.6 Å². The predicted octanol–water partition coefficient (Wildman–Crippen LogP) is 6.00. The van der Waals surface area contributed by atoms with E-state index in [9.17, 15) is 13.2 Å². The van der Waals surface area contributed by atoms with Gasteiger partial charge in [0, 0.05) is 12.6 Å². The number of nitrogens with one attached hydrogen (secondary N) is 3. The first-order valence-corrected chi connectivity index (χ1v) is 16.0. The molecule has 0 unspecified atom stereocenters. The third-order valence-electron chi connectivity index (χ3n) is 7.81. The zero-order valence-corrected chi connectivity index (χ0v) is 25.7. The Morgan fingerprint density at radius 1 is 0.929 bits per heavy atom. The quantitative estimate of drug-likeness (QED) is 0.252. The van der Waals surface area contributed by atoms with Gasteiger partial charge in [0.1, 0.15) is 11.4 Å². The van der Waals surface area contributed by atoms with E-state index < -0.39 is 21.9 Å². The lowest BCUT2D eigenvalue weighted by molar-refractivity contribution is 0.0569. The SMILES string of the molecule is COc1cccc(C2(CCNS(=O)(=O)NC(=O)OC(C)(C)C)CCC(NC(c3ccccc3)c3ccccc3)CC2)c1. The number of rotatable bonds is 11. The number of carbonyl (C=O) groups is 1. The molecule has 4 rings (SSSR count). The van der Waals surface area contributed by atoms with E-state index >= 15 is 0 Å². The highest BCUT2D eigenvalue weighted by Crippen LogP contribution is 2.43. The molecule has 0 atom stereocenters. The molecule has 0 aliphatic heterocycles. The Balaban J connectivity index is 1.47. The van der Waals surface area contributed by atoms with E-state index in [4.69, 9.17) is 9.47 Å². The van der Waals surface area contributed by atoms with Crippen LogP contribution in [0.5, 0.6) is 5.75 Å². The Hall–Kier alpha value is -3.40. The maximum absolute atomic E-state index is 12.6. The average Bonchev–Trinajstić information content (AvgIpc) is 2.96. The van der Waals surface area contributed by atoms with Crippen molar-refractivity contribution in [3.63, 3.8) is 0 Å². The molecule has 0 bridgehead atoms. The van der Waals surface area contributed by atoms with Crippen molar-refractivity contribution in [3.05, 3.63) is 102 Å². The zero-order valence-electron chi connectivity index (χ0n) is 24.9. The van der Waals surface area contributed by atoms with Crippen LogP contribution in [0.25, 0.3) is 0 Å². The fourth-order valence-electron chi connectivity index (χ4n) is 5.75. The summed E-state index contributed by atoms with van der Waals surface area (Å²) >= 11 is 0. The number of hydrogen-bond acceptors (Lipinski definition) is 6. The maximum atomic E-state index is 12.6. The van der Waals surface area contributed by atoms with Gasteiger partial charge in [-0.05, 0) is 87.1 Å². The van der Waals surface area contributed by atoms with Gasteiger partial charge in [-0.1, -0.05) is 72.8 Å².